The fraction of sp³-hybridized carbons (Fsp3) is 0.267. The monoisotopic (exact) mass is 638 g/mol. The minimum atomic E-state index is -4.80. The second kappa shape index (κ2) is 12.6. The normalized spacial score (nSPS) is 14.0. The van der Waals surface area contributed by atoms with Gasteiger partial charge in [0, 0.05) is 17.3 Å². The number of rotatable bonds is 7. The smallest absolute Gasteiger partial charge is 0.290 e. The van der Waals surface area contributed by atoms with Crippen molar-refractivity contribution in [3.8, 4) is 0 Å². The molecule has 0 saturated heterocycles. The number of carbonyl (C=O) groups excluding carboxylic acids is 2. The third kappa shape index (κ3) is 6.93. The van der Waals surface area contributed by atoms with E-state index in [-0.39, 0.29) is 27.8 Å². The Balaban J connectivity index is 1.26. The van der Waals surface area contributed by atoms with E-state index in [2.05, 4.69) is 36.2 Å². The van der Waals surface area contributed by atoms with Gasteiger partial charge in [0.15, 0.2) is 5.13 Å². The number of aromatic amines is 1. The van der Waals surface area contributed by atoms with Crippen LogP contribution in [0.5, 0.6) is 0 Å². The van der Waals surface area contributed by atoms with E-state index in [0.717, 1.165) is 18.9 Å². The molecule has 0 spiro atoms. The summed E-state index contributed by atoms with van der Waals surface area (Å²) in [4.78, 5) is 31.7. The van der Waals surface area contributed by atoms with Crippen LogP contribution in [-0.4, -0.2) is 37.5 Å². The Morgan fingerprint density at radius 3 is 2.38 bits per heavy atom. The van der Waals surface area contributed by atoms with Crippen LogP contribution in [0.4, 0.5) is 39.1 Å². The minimum absolute atomic E-state index is 0.0172. The van der Waals surface area contributed by atoms with Crippen molar-refractivity contribution in [2.24, 2.45) is 0 Å². The van der Waals surface area contributed by atoms with Crippen molar-refractivity contribution in [2.75, 3.05) is 15.5 Å². The molecule has 45 heavy (non-hydrogen) atoms. The van der Waals surface area contributed by atoms with Gasteiger partial charge in [-0.1, -0.05) is 60.0 Å². The lowest BCUT2D eigenvalue weighted by molar-refractivity contribution is -0.136. The first-order chi connectivity index (χ1) is 21.6. The average molecular weight is 639 g/mol. The van der Waals surface area contributed by atoms with Crippen molar-refractivity contribution in [2.45, 2.75) is 50.7 Å². The standard InChI is InChI=1S/C30H26F4N8O2S/c31-21-14-23(30(32,33)34)25-24(15-21)35-28(45-25)37-29(44)42(22-12-10-19(11-13-22)18-4-2-1-3-5-18)16-17-6-8-20(9-7-17)26(43)36-27-38-40-41-39-27/h6-15,18H,1-5,16H2,(H,35,37,44)(H2,36,38,39,40,41,43). The predicted octanol–water partition coefficient (Wildman–Crippen LogP) is 7.51. The Labute approximate surface area is 257 Å². The number of benzene rings is 3. The van der Waals surface area contributed by atoms with E-state index < -0.39 is 29.5 Å². The maximum Gasteiger partial charge on any atom is 0.417 e. The topological polar surface area (TPSA) is 129 Å². The molecule has 1 saturated carbocycles. The van der Waals surface area contributed by atoms with Gasteiger partial charge in [-0.3, -0.25) is 20.3 Å². The van der Waals surface area contributed by atoms with Crippen LogP contribution >= 0.6 is 11.3 Å². The summed E-state index contributed by atoms with van der Waals surface area (Å²) in [6, 6.07) is 14.8. The lowest BCUT2D eigenvalue weighted by atomic mass is 9.84. The number of aromatic nitrogens is 5. The molecule has 0 unspecified atom stereocenters. The van der Waals surface area contributed by atoms with Crippen molar-refractivity contribution >= 4 is 50.3 Å². The SMILES string of the molecule is O=C(Nc1nn[nH]n1)c1ccc(CN(C(=O)Nc2nc3cc(F)cc(C(F)(F)F)c3s2)c2ccc(C3CCCCC3)cc2)cc1. The summed E-state index contributed by atoms with van der Waals surface area (Å²) in [5.74, 6) is -1.07. The third-order valence-electron chi connectivity index (χ3n) is 7.63. The number of alkyl halides is 3. The molecule has 232 valence electrons. The summed E-state index contributed by atoms with van der Waals surface area (Å²) in [6.45, 7) is 0.0642. The van der Waals surface area contributed by atoms with Gasteiger partial charge in [-0.25, -0.2) is 14.2 Å². The van der Waals surface area contributed by atoms with E-state index in [1.54, 1.807) is 24.3 Å². The van der Waals surface area contributed by atoms with Crippen LogP contribution in [-0.2, 0) is 12.7 Å². The zero-order chi connectivity index (χ0) is 31.6. The number of urea groups is 1. The van der Waals surface area contributed by atoms with Gasteiger partial charge in [0.2, 0.25) is 0 Å². The lowest BCUT2D eigenvalue weighted by Gasteiger charge is -2.25. The first-order valence-corrected chi connectivity index (χ1v) is 15.0. The quantitative estimate of drug-likeness (QED) is 0.158. The Bertz CT molecular complexity index is 1800. The first kappa shape index (κ1) is 30.1. The summed E-state index contributed by atoms with van der Waals surface area (Å²) in [6.07, 6.45) is 0.985. The molecule has 0 aliphatic heterocycles. The zero-order valence-electron chi connectivity index (χ0n) is 23.6. The maximum atomic E-state index is 14.0. The molecule has 1 aliphatic carbocycles. The molecule has 2 aromatic heterocycles. The van der Waals surface area contributed by atoms with E-state index in [4.69, 9.17) is 0 Å². The number of nitrogens with zero attached hydrogens (tertiary/aromatic N) is 5. The van der Waals surface area contributed by atoms with Gasteiger partial charge in [-0.15, -0.1) is 5.10 Å². The fourth-order valence-electron chi connectivity index (χ4n) is 5.40. The molecule has 2 heterocycles. The second-order valence-corrected chi connectivity index (χ2v) is 11.6. The van der Waals surface area contributed by atoms with Gasteiger partial charge < -0.3 is 0 Å². The largest absolute Gasteiger partial charge is 0.417 e. The van der Waals surface area contributed by atoms with Crippen LogP contribution in [0.25, 0.3) is 10.2 Å². The van der Waals surface area contributed by atoms with Crippen molar-refractivity contribution in [1.82, 2.24) is 25.6 Å². The second-order valence-electron chi connectivity index (χ2n) is 10.6. The number of anilines is 3. The van der Waals surface area contributed by atoms with Crippen LogP contribution < -0.4 is 15.5 Å². The maximum absolute atomic E-state index is 14.0. The number of carbonyl (C=O) groups is 2. The Hall–Kier alpha value is -4.92. The number of H-pyrrole nitrogens is 1. The van der Waals surface area contributed by atoms with E-state index in [1.165, 1.54) is 29.7 Å². The molecule has 0 bridgehead atoms. The predicted molar refractivity (Wildman–Crippen MR) is 161 cm³/mol. The molecular weight excluding hydrogens is 612 g/mol. The summed E-state index contributed by atoms with van der Waals surface area (Å²) in [5, 5.41) is 18.0. The van der Waals surface area contributed by atoms with Crippen molar-refractivity contribution in [3.05, 3.63) is 88.7 Å². The van der Waals surface area contributed by atoms with Gasteiger partial charge >= 0.3 is 12.2 Å². The van der Waals surface area contributed by atoms with Crippen LogP contribution in [0.15, 0.2) is 60.7 Å². The van der Waals surface area contributed by atoms with E-state index in [0.29, 0.717) is 40.1 Å². The number of halogens is 4. The average Bonchev–Trinajstić information content (AvgIpc) is 3.69. The fourth-order valence-corrected chi connectivity index (χ4v) is 6.37. The molecule has 0 radical (unpaired) electrons. The molecular formula is C30H26F4N8O2S. The highest BCUT2D eigenvalue weighted by Gasteiger charge is 2.35. The summed E-state index contributed by atoms with van der Waals surface area (Å²) in [7, 11) is 0. The Morgan fingerprint density at radius 1 is 0.978 bits per heavy atom. The van der Waals surface area contributed by atoms with E-state index >= 15 is 0 Å². The Morgan fingerprint density at radius 2 is 1.71 bits per heavy atom. The molecule has 5 aromatic rings. The van der Waals surface area contributed by atoms with Gasteiger partial charge in [-0.2, -0.15) is 18.4 Å². The molecule has 3 N–H and O–H groups in total. The van der Waals surface area contributed by atoms with Crippen molar-refractivity contribution in [1.29, 1.82) is 0 Å². The zero-order valence-corrected chi connectivity index (χ0v) is 24.4. The molecule has 3 amide bonds. The van der Waals surface area contributed by atoms with E-state index in [1.807, 2.05) is 24.3 Å². The van der Waals surface area contributed by atoms with Crippen molar-refractivity contribution in [3.63, 3.8) is 0 Å². The summed E-state index contributed by atoms with van der Waals surface area (Å²) < 4.78 is 54.4. The number of hydrogen-bond acceptors (Lipinski definition) is 7. The van der Waals surface area contributed by atoms with Crippen LogP contribution in [0.2, 0.25) is 0 Å². The van der Waals surface area contributed by atoms with Gasteiger partial charge in [0.05, 0.1) is 22.3 Å². The van der Waals surface area contributed by atoms with Crippen LogP contribution in [0, 0.1) is 5.82 Å². The highest BCUT2D eigenvalue weighted by Crippen LogP contribution is 2.40. The van der Waals surface area contributed by atoms with Crippen molar-refractivity contribution < 1.29 is 27.2 Å². The number of nitrogens with one attached hydrogen (secondary N) is 3. The third-order valence-corrected chi connectivity index (χ3v) is 8.65. The minimum Gasteiger partial charge on any atom is -0.290 e. The highest BCUT2D eigenvalue weighted by atomic mass is 32.1. The Kier molecular flexibility index (Phi) is 8.43. The highest BCUT2D eigenvalue weighted by molar-refractivity contribution is 7.22. The summed E-state index contributed by atoms with van der Waals surface area (Å²) >= 11 is 0.617. The number of fused-ring (bicyclic) bond motifs is 1. The molecule has 15 heteroatoms. The molecule has 6 rings (SSSR count). The summed E-state index contributed by atoms with van der Waals surface area (Å²) in [5.41, 5.74) is 1.36. The molecule has 10 nitrogen and oxygen atoms in total. The van der Waals surface area contributed by atoms with Gasteiger partial charge in [-0.05, 0) is 65.4 Å². The number of hydrogen-bond donors (Lipinski definition) is 3. The lowest BCUT2D eigenvalue weighted by Crippen LogP contribution is -2.34. The van der Waals surface area contributed by atoms with Crippen LogP contribution in [0.1, 0.15) is 65.1 Å². The van der Waals surface area contributed by atoms with Gasteiger partial charge in [0.25, 0.3) is 11.9 Å². The van der Waals surface area contributed by atoms with Crippen LogP contribution in [0.3, 0.4) is 0 Å². The number of amides is 3. The van der Waals surface area contributed by atoms with E-state index in [9.17, 15) is 27.2 Å². The molecule has 1 aliphatic rings. The molecule has 0 atom stereocenters. The number of thiazole rings is 1. The molecule has 1 fully saturated rings. The van der Waals surface area contributed by atoms with Gasteiger partial charge in [0.1, 0.15) is 5.82 Å². The molecule has 3 aromatic carbocycles. The first-order valence-electron chi connectivity index (χ1n) is 14.1. The number of tetrazole rings is 1.